The Balaban J connectivity index is 2.07. The van der Waals surface area contributed by atoms with Gasteiger partial charge < -0.3 is 0 Å². The summed E-state index contributed by atoms with van der Waals surface area (Å²) in [4.78, 5) is 11.8. The molecule has 1 amide bonds. The van der Waals surface area contributed by atoms with E-state index in [0.29, 0.717) is 16.2 Å². The first-order chi connectivity index (χ1) is 9.58. The fourth-order valence-electron chi connectivity index (χ4n) is 1.30. The Hall–Kier alpha value is -1.80. The van der Waals surface area contributed by atoms with Crippen LogP contribution in [0.1, 0.15) is 10.4 Å². The second kappa shape index (κ2) is 6.58. The Morgan fingerprint density at radius 2 is 2.05 bits per heavy atom. The van der Waals surface area contributed by atoms with Gasteiger partial charge in [-0.2, -0.15) is 0 Å². The van der Waals surface area contributed by atoms with Gasteiger partial charge in [-0.15, -0.1) is 16.8 Å². The number of carbonyl (C=O) groups excluding carboxylic acids is 1. The largest absolute Gasteiger partial charge is 0.296 e. The number of aromatic nitrogens is 2. The number of hydrogen-bond donors (Lipinski definition) is 1. The molecule has 0 radical (unpaired) electrons. The molecule has 104 valence electrons. The SMILES string of the molecule is C=CCSc1nnc(NC(=O)c2cc(F)cc(F)c2)s1. The van der Waals surface area contributed by atoms with Gasteiger partial charge in [0.25, 0.3) is 5.91 Å². The van der Waals surface area contributed by atoms with Gasteiger partial charge in [0.2, 0.25) is 5.13 Å². The van der Waals surface area contributed by atoms with E-state index in [9.17, 15) is 13.6 Å². The van der Waals surface area contributed by atoms with E-state index in [1.165, 1.54) is 23.1 Å². The molecule has 0 saturated carbocycles. The summed E-state index contributed by atoms with van der Waals surface area (Å²) >= 11 is 2.60. The summed E-state index contributed by atoms with van der Waals surface area (Å²) < 4.78 is 26.7. The molecule has 0 aliphatic carbocycles. The molecular weight excluding hydrogens is 304 g/mol. The number of benzene rings is 1. The first-order valence-electron chi connectivity index (χ1n) is 5.43. The van der Waals surface area contributed by atoms with Gasteiger partial charge in [-0.05, 0) is 12.1 Å². The molecule has 0 spiro atoms. The molecule has 1 aromatic carbocycles. The van der Waals surface area contributed by atoms with E-state index in [4.69, 9.17) is 0 Å². The normalized spacial score (nSPS) is 10.3. The fourth-order valence-corrected chi connectivity index (χ4v) is 2.81. The van der Waals surface area contributed by atoms with Gasteiger partial charge in [0.15, 0.2) is 4.34 Å². The maximum absolute atomic E-state index is 13.0. The summed E-state index contributed by atoms with van der Waals surface area (Å²) in [6.45, 7) is 3.58. The van der Waals surface area contributed by atoms with Crippen LogP contribution in [0.25, 0.3) is 0 Å². The zero-order valence-electron chi connectivity index (χ0n) is 10.1. The second-order valence-electron chi connectivity index (χ2n) is 3.59. The third-order valence-corrected chi connectivity index (χ3v) is 4.04. The van der Waals surface area contributed by atoms with Crippen LogP contribution in [0.4, 0.5) is 13.9 Å². The van der Waals surface area contributed by atoms with Crippen molar-refractivity contribution in [3.8, 4) is 0 Å². The van der Waals surface area contributed by atoms with Crippen molar-refractivity contribution >= 4 is 34.1 Å². The lowest BCUT2D eigenvalue weighted by Crippen LogP contribution is -2.12. The van der Waals surface area contributed by atoms with Crippen LogP contribution in [0, 0.1) is 11.6 Å². The van der Waals surface area contributed by atoms with Crippen LogP contribution in [-0.2, 0) is 0 Å². The molecule has 2 aromatic rings. The van der Waals surface area contributed by atoms with Gasteiger partial charge in [0.05, 0.1) is 0 Å². The van der Waals surface area contributed by atoms with Gasteiger partial charge in [-0.1, -0.05) is 29.2 Å². The minimum absolute atomic E-state index is 0.113. The van der Waals surface area contributed by atoms with Crippen LogP contribution in [0.3, 0.4) is 0 Å². The predicted octanol–water partition coefficient (Wildman–Crippen LogP) is 3.35. The Bertz CT molecular complexity index is 625. The number of halogens is 2. The average Bonchev–Trinajstić information content (AvgIpc) is 2.82. The maximum atomic E-state index is 13.0. The molecule has 1 N–H and O–H groups in total. The summed E-state index contributed by atoms with van der Waals surface area (Å²) in [6.07, 6.45) is 1.72. The zero-order valence-corrected chi connectivity index (χ0v) is 11.7. The lowest BCUT2D eigenvalue weighted by atomic mass is 10.2. The van der Waals surface area contributed by atoms with Crippen LogP contribution in [0.5, 0.6) is 0 Å². The molecular formula is C12H9F2N3OS2. The highest BCUT2D eigenvalue weighted by Crippen LogP contribution is 2.25. The van der Waals surface area contributed by atoms with Crippen LogP contribution in [-0.4, -0.2) is 21.9 Å². The molecule has 2 rings (SSSR count). The number of hydrogen-bond acceptors (Lipinski definition) is 5. The van der Waals surface area contributed by atoms with Crippen LogP contribution >= 0.6 is 23.1 Å². The van der Waals surface area contributed by atoms with E-state index >= 15 is 0 Å². The van der Waals surface area contributed by atoms with E-state index in [1.807, 2.05) is 0 Å². The summed E-state index contributed by atoms with van der Waals surface area (Å²) in [5.41, 5.74) is -0.113. The van der Waals surface area contributed by atoms with Crippen molar-refractivity contribution in [1.29, 1.82) is 0 Å². The van der Waals surface area contributed by atoms with E-state index in [1.54, 1.807) is 6.08 Å². The Morgan fingerprint density at radius 3 is 2.70 bits per heavy atom. The van der Waals surface area contributed by atoms with Crippen molar-refractivity contribution in [2.45, 2.75) is 4.34 Å². The molecule has 0 saturated heterocycles. The fraction of sp³-hybridized carbons (Fsp3) is 0.0833. The summed E-state index contributed by atoms with van der Waals surface area (Å²) in [6, 6.07) is 2.60. The van der Waals surface area contributed by atoms with Gasteiger partial charge in [0, 0.05) is 17.4 Å². The smallest absolute Gasteiger partial charge is 0.257 e. The number of thioether (sulfide) groups is 1. The van der Waals surface area contributed by atoms with Crippen molar-refractivity contribution in [1.82, 2.24) is 10.2 Å². The summed E-state index contributed by atoms with van der Waals surface area (Å²) in [7, 11) is 0. The third-order valence-electron chi connectivity index (χ3n) is 2.08. The quantitative estimate of drug-likeness (QED) is 0.522. The molecule has 0 aliphatic rings. The lowest BCUT2D eigenvalue weighted by Gasteiger charge is -2.01. The number of amides is 1. The minimum Gasteiger partial charge on any atom is -0.296 e. The monoisotopic (exact) mass is 313 g/mol. The molecule has 0 aliphatic heterocycles. The first-order valence-corrected chi connectivity index (χ1v) is 7.23. The van der Waals surface area contributed by atoms with Crippen molar-refractivity contribution in [2.24, 2.45) is 0 Å². The topological polar surface area (TPSA) is 54.9 Å². The van der Waals surface area contributed by atoms with Crippen molar-refractivity contribution in [3.05, 3.63) is 48.1 Å². The molecule has 1 aromatic heterocycles. The minimum atomic E-state index is -0.811. The lowest BCUT2D eigenvalue weighted by molar-refractivity contribution is 0.102. The predicted molar refractivity (Wildman–Crippen MR) is 75.1 cm³/mol. The Morgan fingerprint density at radius 1 is 1.35 bits per heavy atom. The van der Waals surface area contributed by atoms with Gasteiger partial charge in [0.1, 0.15) is 11.6 Å². The average molecular weight is 313 g/mol. The Labute approximate surface area is 121 Å². The number of rotatable bonds is 5. The highest BCUT2D eigenvalue weighted by molar-refractivity contribution is 8.01. The molecule has 0 atom stereocenters. The van der Waals surface area contributed by atoms with Gasteiger partial charge >= 0.3 is 0 Å². The van der Waals surface area contributed by atoms with Crippen molar-refractivity contribution in [3.63, 3.8) is 0 Å². The molecule has 20 heavy (non-hydrogen) atoms. The number of nitrogens with zero attached hydrogens (tertiary/aromatic N) is 2. The molecule has 0 fully saturated rings. The van der Waals surface area contributed by atoms with Crippen molar-refractivity contribution in [2.75, 3.05) is 11.1 Å². The van der Waals surface area contributed by atoms with Gasteiger partial charge in [-0.25, -0.2) is 8.78 Å². The first kappa shape index (κ1) is 14.6. The second-order valence-corrected chi connectivity index (χ2v) is 5.83. The Kier molecular flexibility index (Phi) is 4.80. The van der Waals surface area contributed by atoms with E-state index in [0.717, 1.165) is 12.1 Å². The molecule has 0 bridgehead atoms. The number of nitrogens with one attached hydrogen (secondary N) is 1. The van der Waals surface area contributed by atoms with Crippen LogP contribution < -0.4 is 5.32 Å². The van der Waals surface area contributed by atoms with Gasteiger partial charge in [-0.3, -0.25) is 10.1 Å². The maximum Gasteiger partial charge on any atom is 0.257 e. The highest BCUT2D eigenvalue weighted by Gasteiger charge is 2.12. The van der Waals surface area contributed by atoms with E-state index < -0.39 is 17.5 Å². The summed E-state index contributed by atoms with van der Waals surface area (Å²) in [5, 5.41) is 10.3. The highest BCUT2D eigenvalue weighted by atomic mass is 32.2. The number of anilines is 1. The van der Waals surface area contributed by atoms with E-state index in [2.05, 4.69) is 22.1 Å². The molecule has 4 nitrogen and oxygen atoms in total. The van der Waals surface area contributed by atoms with Crippen LogP contribution in [0.2, 0.25) is 0 Å². The zero-order chi connectivity index (χ0) is 14.5. The molecule has 0 unspecified atom stereocenters. The molecule has 8 heteroatoms. The summed E-state index contributed by atoms with van der Waals surface area (Å²) in [5.74, 6) is -1.58. The number of carbonyl (C=O) groups is 1. The third kappa shape index (κ3) is 3.84. The van der Waals surface area contributed by atoms with E-state index in [-0.39, 0.29) is 10.7 Å². The standard InChI is InChI=1S/C12H9F2N3OS2/c1-2-3-19-12-17-16-11(20-12)15-10(18)7-4-8(13)6-9(14)5-7/h2,4-6H,1,3H2,(H,15,16,18). The van der Waals surface area contributed by atoms with Crippen LogP contribution in [0.15, 0.2) is 35.2 Å². The van der Waals surface area contributed by atoms with Crippen molar-refractivity contribution < 1.29 is 13.6 Å². The molecule has 1 heterocycles.